The first kappa shape index (κ1) is 15.3. The van der Waals surface area contributed by atoms with E-state index in [1.807, 2.05) is 0 Å². The summed E-state index contributed by atoms with van der Waals surface area (Å²) in [7, 11) is 1.08. The van der Waals surface area contributed by atoms with Crippen LogP contribution < -0.4 is 0 Å². The number of thioether (sulfide) groups is 1. The fourth-order valence-electron chi connectivity index (χ4n) is 1.37. The maximum absolute atomic E-state index is 12.4. The Morgan fingerprint density at radius 3 is 2.58 bits per heavy atom. The third-order valence-electron chi connectivity index (χ3n) is 2.11. The molecule has 1 aromatic rings. The second-order valence-electron chi connectivity index (χ2n) is 3.32. The van der Waals surface area contributed by atoms with Crippen LogP contribution in [0.25, 0.3) is 0 Å². The number of hydrogen-bond acceptors (Lipinski definition) is 5. The zero-order valence-electron chi connectivity index (χ0n) is 9.61. The number of nitriles is 1. The average molecular weight is 291 g/mol. The number of rotatable bonds is 3. The molecule has 1 N–H and O–H groups in total. The van der Waals surface area contributed by atoms with Crippen LogP contribution in [0.4, 0.5) is 13.2 Å². The number of alkyl halides is 3. The van der Waals surface area contributed by atoms with E-state index in [4.69, 9.17) is 10.4 Å². The lowest BCUT2D eigenvalue weighted by atomic mass is 10.1. The number of benzene rings is 1. The van der Waals surface area contributed by atoms with E-state index >= 15 is 0 Å². The van der Waals surface area contributed by atoms with Gasteiger partial charge in [-0.3, -0.25) is 0 Å². The van der Waals surface area contributed by atoms with E-state index in [-0.39, 0.29) is 16.7 Å². The number of ether oxygens (including phenoxy) is 1. The molecule has 1 aromatic carbocycles. The normalized spacial score (nSPS) is 10.9. The minimum Gasteiger partial charge on any atom is -0.465 e. The molecule has 0 aliphatic rings. The number of halogens is 3. The summed E-state index contributed by atoms with van der Waals surface area (Å²) in [6.07, 6.45) is 0. The Morgan fingerprint density at radius 2 is 2.16 bits per heavy atom. The summed E-state index contributed by atoms with van der Waals surface area (Å²) < 4.78 is 41.5. The molecule has 0 aromatic heterocycles. The van der Waals surface area contributed by atoms with Gasteiger partial charge in [0.15, 0.2) is 0 Å². The van der Waals surface area contributed by atoms with Crippen LogP contribution >= 0.6 is 11.8 Å². The number of aliphatic hydroxyl groups is 1. The van der Waals surface area contributed by atoms with Crippen molar-refractivity contribution >= 4 is 17.7 Å². The number of methoxy groups -OCH3 is 1. The van der Waals surface area contributed by atoms with Crippen LogP contribution in [0, 0.1) is 11.3 Å². The summed E-state index contributed by atoms with van der Waals surface area (Å²) in [6, 6.07) is 3.64. The van der Waals surface area contributed by atoms with Crippen molar-refractivity contribution in [1.82, 2.24) is 0 Å². The standard InChI is InChI=1S/C11H8F3NO3S/c1-18-10(17)6-2-7(5-16)8(4-15)9(3-6)19-11(12,13)14/h2-3,16H,5H2,1H3. The van der Waals surface area contributed by atoms with Gasteiger partial charge in [0.05, 0.1) is 24.8 Å². The van der Waals surface area contributed by atoms with E-state index < -0.39 is 34.7 Å². The second kappa shape index (κ2) is 5.95. The first-order chi connectivity index (χ1) is 8.82. The van der Waals surface area contributed by atoms with Gasteiger partial charge in [0.1, 0.15) is 6.07 Å². The van der Waals surface area contributed by atoms with Gasteiger partial charge in [0.2, 0.25) is 0 Å². The Bertz CT molecular complexity index is 537. The molecule has 0 amide bonds. The third kappa shape index (κ3) is 3.87. The molecule has 0 fully saturated rings. The molecule has 0 spiro atoms. The number of nitrogens with zero attached hydrogens (tertiary/aromatic N) is 1. The lowest BCUT2D eigenvalue weighted by Gasteiger charge is -2.11. The van der Waals surface area contributed by atoms with Crippen molar-refractivity contribution in [2.75, 3.05) is 7.11 Å². The van der Waals surface area contributed by atoms with Crippen LogP contribution in [0.1, 0.15) is 21.5 Å². The van der Waals surface area contributed by atoms with Crippen molar-refractivity contribution in [1.29, 1.82) is 5.26 Å². The van der Waals surface area contributed by atoms with Gasteiger partial charge in [-0.25, -0.2) is 4.79 Å². The summed E-state index contributed by atoms with van der Waals surface area (Å²) in [5.74, 6) is -0.844. The van der Waals surface area contributed by atoms with E-state index in [9.17, 15) is 18.0 Å². The molecule has 0 unspecified atom stereocenters. The van der Waals surface area contributed by atoms with Crippen LogP contribution in [-0.2, 0) is 11.3 Å². The number of esters is 1. The van der Waals surface area contributed by atoms with Gasteiger partial charge in [-0.05, 0) is 29.5 Å². The lowest BCUT2D eigenvalue weighted by molar-refractivity contribution is -0.0328. The minimum atomic E-state index is -4.60. The maximum Gasteiger partial charge on any atom is 0.446 e. The molecular weight excluding hydrogens is 283 g/mol. The highest BCUT2D eigenvalue weighted by atomic mass is 32.2. The molecule has 0 bridgehead atoms. The van der Waals surface area contributed by atoms with E-state index in [0.29, 0.717) is 0 Å². The molecular formula is C11H8F3NO3S. The Kier molecular flexibility index (Phi) is 4.80. The van der Waals surface area contributed by atoms with Crippen LogP contribution in [-0.4, -0.2) is 23.7 Å². The van der Waals surface area contributed by atoms with Crippen molar-refractivity contribution in [2.45, 2.75) is 17.0 Å². The molecule has 4 nitrogen and oxygen atoms in total. The fraction of sp³-hybridized carbons (Fsp3) is 0.273. The molecule has 0 saturated carbocycles. The predicted octanol–water partition coefficient (Wildman–Crippen LogP) is 2.45. The Labute approximate surface area is 110 Å². The summed E-state index contributed by atoms with van der Waals surface area (Å²) in [5, 5.41) is 17.9. The summed E-state index contributed by atoms with van der Waals surface area (Å²) >= 11 is -0.518. The largest absolute Gasteiger partial charge is 0.465 e. The molecule has 0 atom stereocenters. The smallest absolute Gasteiger partial charge is 0.446 e. The molecule has 102 valence electrons. The molecule has 0 aliphatic heterocycles. The van der Waals surface area contributed by atoms with Crippen LogP contribution in [0.3, 0.4) is 0 Å². The zero-order chi connectivity index (χ0) is 14.6. The molecule has 0 aliphatic carbocycles. The molecule has 0 radical (unpaired) electrons. The van der Waals surface area contributed by atoms with E-state index in [1.165, 1.54) is 0 Å². The predicted molar refractivity (Wildman–Crippen MR) is 60.3 cm³/mol. The average Bonchev–Trinajstić information content (AvgIpc) is 2.34. The molecule has 0 heterocycles. The highest BCUT2D eigenvalue weighted by molar-refractivity contribution is 8.00. The Balaban J connectivity index is 3.41. The van der Waals surface area contributed by atoms with Crippen molar-refractivity contribution in [3.8, 4) is 6.07 Å². The van der Waals surface area contributed by atoms with E-state index in [0.717, 1.165) is 19.2 Å². The molecule has 8 heteroatoms. The van der Waals surface area contributed by atoms with Gasteiger partial charge in [0, 0.05) is 4.90 Å². The molecule has 1 rings (SSSR count). The molecule has 0 saturated heterocycles. The molecule has 19 heavy (non-hydrogen) atoms. The van der Waals surface area contributed by atoms with Gasteiger partial charge in [-0.1, -0.05) is 0 Å². The minimum absolute atomic E-state index is 0.0582. The van der Waals surface area contributed by atoms with Crippen LogP contribution in [0.15, 0.2) is 17.0 Å². The third-order valence-corrected chi connectivity index (χ3v) is 2.89. The summed E-state index contributed by atoms with van der Waals surface area (Å²) in [4.78, 5) is 10.9. The number of hydrogen-bond donors (Lipinski definition) is 1. The van der Waals surface area contributed by atoms with Gasteiger partial charge >= 0.3 is 11.5 Å². The van der Waals surface area contributed by atoms with Gasteiger partial charge < -0.3 is 9.84 Å². The van der Waals surface area contributed by atoms with Crippen molar-refractivity contribution in [3.05, 3.63) is 28.8 Å². The zero-order valence-corrected chi connectivity index (χ0v) is 10.4. The Morgan fingerprint density at radius 1 is 1.53 bits per heavy atom. The van der Waals surface area contributed by atoms with E-state index in [1.54, 1.807) is 6.07 Å². The second-order valence-corrected chi connectivity index (χ2v) is 4.42. The summed E-state index contributed by atoms with van der Waals surface area (Å²) in [6.45, 7) is -0.654. The number of carbonyl (C=O) groups excluding carboxylic acids is 1. The highest BCUT2D eigenvalue weighted by Crippen LogP contribution is 2.39. The van der Waals surface area contributed by atoms with E-state index in [2.05, 4.69) is 4.74 Å². The van der Waals surface area contributed by atoms with Gasteiger partial charge in [-0.15, -0.1) is 0 Å². The summed E-state index contributed by atoms with van der Waals surface area (Å²) in [5.41, 5.74) is -5.13. The van der Waals surface area contributed by atoms with Crippen LogP contribution in [0.2, 0.25) is 0 Å². The van der Waals surface area contributed by atoms with Gasteiger partial charge in [-0.2, -0.15) is 18.4 Å². The van der Waals surface area contributed by atoms with Crippen molar-refractivity contribution < 1.29 is 27.8 Å². The topological polar surface area (TPSA) is 70.3 Å². The number of carbonyl (C=O) groups is 1. The monoisotopic (exact) mass is 291 g/mol. The maximum atomic E-state index is 12.4. The first-order valence-corrected chi connectivity index (χ1v) is 5.66. The Hall–Kier alpha value is -1.72. The van der Waals surface area contributed by atoms with Gasteiger partial charge in [0.25, 0.3) is 0 Å². The lowest BCUT2D eigenvalue weighted by Crippen LogP contribution is -2.07. The van der Waals surface area contributed by atoms with Crippen molar-refractivity contribution in [3.63, 3.8) is 0 Å². The number of aliphatic hydroxyl groups excluding tert-OH is 1. The quantitative estimate of drug-likeness (QED) is 0.684. The SMILES string of the molecule is COC(=O)c1cc(CO)c(C#N)c(SC(F)(F)F)c1. The fourth-order valence-corrected chi connectivity index (χ4v) is 2.08. The first-order valence-electron chi connectivity index (χ1n) is 4.84. The van der Waals surface area contributed by atoms with Crippen LogP contribution in [0.5, 0.6) is 0 Å². The highest BCUT2D eigenvalue weighted by Gasteiger charge is 2.31. The van der Waals surface area contributed by atoms with Crippen molar-refractivity contribution in [2.24, 2.45) is 0 Å².